The largest absolute Gasteiger partial charge is 0.465 e. The lowest BCUT2D eigenvalue weighted by Crippen LogP contribution is -2.36. The number of benzene rings is 1. The summed E-state index contributed by atoms with van der Waals surface area (Å²) in [5.41, 5.74) is 1.16. The fourth-order valence-corrected chi connectivity index (χ4v) is 1.91. The summed E-state index contributed by atoms with van der Waals surface area (Å²) in [4.78, 5) is 13.4. The number of carbonyl (C=O) groups excluding carboxylic acids is 1. The van der Waals surface area contributed by atoms with Crippen molar-refractivity contribution in [1.29, 1.82) is 5.26 Å². The molecular weight excluding hydrogens is 252 g/mol. The molecule has 0 bridgehead atoms. The SMILES string of the molecule is CCOC(=O)CN(C)[C@@H](/C=C/C#N)Cc1ccccc1. The Labute approximate surface area is 120 Å². The Kier molecular flexibility index (Phi) is 7.08. The molecule has 20 heavy (non-hydrogen) atoms. The third-order valence-electron chi connectivity index (χ3n) is 2.93. The van der Waals surface area contributed by atoms with Gasteiger partial charge in [0, 0.05) is 12.1 Å². The minimum Gasteiger partial charge on any atom is -0.465 e. The molecule has 1 rings (SSSR count). The Morgan fingerprint density at radius 1 is 1.45 bits per heavy atom. The first-order valence-corrected chi connectivity index (χ1v) is 6.63. The average Bonchev–Trinajstić information content (AvgIpc) is 2.44. The van der Waals surface area contributed by atoms with E-state index in [4.69, 9.17) is 10.00 Å². The first-order valence-electron chi connectivity index (χ1n) is 6.63. The highest BCUT2D eigenvalue weighted by atomic mass is 16.5. The summed E-state index contributed by atoms with van der Waals surface area (Å²) in [5.74, 6) is -0.251. The van der Waals surface area contributed by atoms with Gasteiger partial charge in [0.05, 0.1) is 19.2 Å². The maximum Gasteiger partial charge on any atom is 0.320 e. The summed E-state index contributed by atoms with van der Waals surface area (Å²) in [7, 11) is 1.85. The molecule has 0 aliphatic rings. The minimum absolute atomic E-state index is 0.0125. The second-order valence-electron chi connectivity index (χ2n) is 4.47. The van der Waals surface area contributed by atoms with Crippen LogP contribution in [0.4, 0.5) is 0 Å². The molecule has 0 amide bonds. The molecule has 106 valence electrons. The Balaban J connectivity index is 2.71. The van der Waals surface area contributed by atoms with Crippen LogP contribution in [0.2, 0.25) is 0 Å². The molecule has 1 aromatic carbocycles. The van der Waals surface area contributed by atoms with Crippen LogP contribution in [-0.2, 0) is 16.0 Å². The van der Waals surface area contributed by atoms with Gasteiger partial charge < -0.3 is 4.74 Å². The summed E-state index contributed by atoms with van der Waals surface area (Å²) in [6.07, 6.45) is 4.01. The topological polar surface area (TPSA) is 53.3 Å². The fourth-order valence-electron chi connectivity index (χ4n) is 1.91. The molecular formula is C16H20N2O2. The van der Waals surface area contributed by atoms with E-state index < -0.39 is 0 Å². The van der Waals surface area contributed by atoms with Crippen LogP contribution in [0.25, 0.3) is 0 Å². The van der Waals surface area contributed by atoms with Crippen LogP contribution >= 0.6 is 0 Å². The van der Waals surface area contributed by atoms with Gasteiger partial charge in [-0.05, 0) is 26.0 Å². The van der Waals surface area contributed by atoms with E-state index in [2.05, 4.69) is 0 Å². The van der Waals surface area contributed by atoms with Gasteiger partial charge in [-0.25, -0.2) is 0 Å². The van der Waals surface area contributed by atoms with Gasteiger partial charge >= 0.3 is 5.97 Å². The normalized spacial score (nSPS) is 12.3. The van der Waals surface area contributed by atoms with Crippen LogP contribution in [0.5, 0.6) is 0 Å². The van der Waals surface area contributed by atoms with Crippen LogP contribution in [0.3, 0.4) is 0 Å². The number of nitriles is 1. The zero-order valence-corrected chi connectivity index (χ0v) is 12.0. The molecule has 0 saturated heterocycles. The number of nitrogens with zero attached hydrogens (tertiary/aromatic N) is 2. The smallest absolute Gasteiger partial charge is 0.320 e. The van der Waals surface area contributed by atoms with Crippen LogP contribution in [-0.4, -0.2) is 37.1 Å². The quantitative estimate of drug-likeness (QED) is 0.564. The van der Waals surface area contributed by atoms with E-state index >= 15 is 0 Å². The van der Waals surface area contributed by atoms with Crippen molar-refractivity contribution in [2.45, 2.75) is 19.4 Å². The van der Waals surface area contributed by atoms with Gasteiger partial charge in [0.1, 0.15) is 0 Å². The van der Waals surface area contributed by atoms with E-state index in [-0.39, 0.29) is 18.6 Å². The molecule has 1 aromatic rings. The average molecular weight is 272 g/mol. The first-order chi connectivity index (χ1) is 9.67. The van der Waals surface area contributed by atoms with E-state index in [0.717, 1.165) is 12.0 Å². The van der Waals surface area contributed by atoms with Crippen molar-refractivity contribution in [3.63, 3.8) is 0 Å². The Bertz CT molecular complexity index is 477. The lowest BCUT2D eigenvalue weighted by molar-refractivity contribution is -0.144. The number of hydrogen-bond acceptors (Lipinski definition) is 4. The minimum atomic E-state index is -0.251. The van der Waals surface area contributed by atoms with E-state index in [1.54, 1.807) is 6.92 Å². The number of allylic oxidation sites excluding steroid dienone is 1. The van der Waals surface area contributed by atoms with Gasteiger partial charge in [0.25, 0.3) is 0 Å². The zero-order valence-electron chi connectivity index (χ0n) is 12.0. The lowest BCUT2D eigenvalue weighted by atomic mass is 10.0. The van der Waals surface area contributed by atoms with Crippen LogP contribution in [0.1, 0.15) is 12.5 Å². The highest BCUT2D eigenvalue weighted by molar-refractivity contribution is 5.71. The van der Waals surface area contributed by atoms with E-state index in [1.165, 1.54) is 6.08 Å². The summed E-state index contributed by atoms with van der Waals surface area (Å²) >= 11 is 0. The highest BCUT2D eigenvalue weighted by Crippen LogP contribution is 2.09. The predicted molar refractivity (Wildman–Crippen MR) is 78.0 cm³/mol. The molecule has 0 aliphatic carbocycles. The lowest BCUT2D eigenvalue weighted by Gasteiger charge is -2.24. The van der Waals surface area contributed by atoms with Crippen molar-refractivity contribution in [2.75, 3.05) is 20.2 Å². The molecule has 0 aromatic heterocycles. The maximum absolute atomic E-state index is 11.5. The van der Waals surface area contributed by atoms with Crippen LogP contribution < -0.4 is 0 Å². The summed E-state index contributed by atoms with van der Waals surface area (Å²) in [5, 5.41) is 8.68. The second kappa shape index (κ2) is 8.89. The third-order valence-corrected chi connectivity index (χ3v) is 2.93. The number of rotatable bonds is 7. The monoisotopic (exact) mass is 272 g/mol. The van der Waals surface area contributed by atoms with E-state index in [9.17, 15) is 4.79 Å². The van der Waals surface area contributed by atoms with Gasteiger partial charge in [-0.15, -0.1) is 0 Å². The standard InChI is InChI=1S/C16H20N2O2/c1-3-20-16(19)13-18(2)15(10-7-11-17)12-14-8-5-4-6-9-14/h4-10,15H,3,12-13H2,1-2H3/b10-7+/t15-/m0/s1. The Morgan fingerprint density at radius 3 is 2.75 bits per heavy atom. The van der Waals surface area contributed by atoms with E-state index in [0.29, 0.717) is 6.61 Å². The van der Waals surface area contributed by atoms with Gasteiger partial charge in [-0.3, -0.25) is 9.69 Å². The van der Waals surface area contributed by atoms with Crippen molar-refractivity contribution in [1.82, 2.24) is 4.90 Å². The number of likely N-dealkylation sites (N-methyl/N-ethyl adjacent to an activating group) is 1. The summed E-state index contributed by atoms with van der Waals surface area (Å²) < 4.78 is 4.95. The molecule has 0 radical (unpaired) electrons. The molecule has 0 fully saturated rings. The van der Waals surface area contributed by atoms with Gasteiger partial charge in [0.15, 0.2) is 0 Å². The molecule has 0 saturated carbocycles. The molecule has 0 heterocycles. The Morgan fingerprint density at radius 2 is 2.15 bits per heavy atom. The van der Waals surface area contributed by atoms with Crippen molar-refractivity contribution in [2.24, 2.45) is 0 Å². The zero-order chi connectivity index (χ0) is 14.8. The molecule has 0 N–H and O–H groups in total. The third kappa shape index (κ3) is 5.68. The molecule has 0 spiro atoms. The number of carbonyl (C=O) groups is 1. The van der Waals surface area contributed by atoms with Crippen LogP contribution in [0, 0.1) is 11.3 Å². The Hall–Kier alpha value is -2.12. The van der Waals surface area contributed by atoms with Crippen LogP contribution in [0.15, 0.2) is 42.5 Å². The summed E-state index contributed by atoms with van der Waals surface area (Å²) in [6, 6.07) is 12.0. The molecule has 0 unspecified atom stereocenters. The first kappa shape index (κ1) is 15.9. The van der Waals surface area contributed by atoms with Crippen molar-refractivity contribution in [3.8, 4) is 6.07 Å². The van der Waals surface area contributed by atoms with Gasteiger partial charge in [-0.1, -0.05) is 36.4 Å². The van der Waals surface area contributed by atoms with Crippen molar-refractivity contribution in [3.05, 3.63) is 48.0 Å². The van der Waals surface area contributed by atoms with Crippen molar-refractivity contribution < 1.29 is 9.53 Å². The van der Waals surface area contributed by atoms with Gasteiger partial charge in [0.2, 0.25) is 0 Å². The predicted octanol–water partition coefficient (Wildman–Crippen LogP) is 2.17. The molecule has 1 atom stereocenters. The number of ether oxygens (including phenoxy) is 1. The van der Waals surface area contributed by atoms with Crippen molar-refractivity contribution >= 4 is 5.97 Å². The highest BCUT2D eigenvalue weighted by Gasteiger charge is 2.16. The molecule has 0 aliphatic heterocycles. The van der Waals surface area contributed by atoms with Gasteiger partial charge in [-0.2, -0.15) is 5.26 Å². The maximum atomic E-state index is 11.5. The number of hydrogen-bond donors (Lipinski definition) is 0. The second-order valence-corrected chi connectivity index (χ2v) is 4.47. The summed E-state index contributed by atoms with van der Waals surface area (Å²) in [6.45, 7) is 2.38. The van der Waals surface area contributed by atoms with E-state index in [1.807, 2.05) is 54.4 Å². The number of esters is 1. The molecule has 4 nitrogen and oxygen atoms in total. The molecule has 4 heteroatoms. The fraction of sp³-hybridized carbons (Fsp3) is 0.375.